The van der Waals surface area contributed by atoms with E-state index in [0.29, 0.717) is 12.4 Å². The topological polar surface area (TPSA) is 106 Å². The highest BCUT2D eigenvalue weighted by Gasteiger charge is 2.62. The molecule has 2 aromatic heterocycles. The highest BCUT2D eigenvalue weighted by atomic mass is 35.5. The summed E-state index contributed by atoms with van der Waals surface area (Å²) in [5, 5.41) is 4.28. The molecule has 42 heavy (non-hydrogen) atoms. The number of nitrogens with one attached hydrogen (secondary N) is 1. The predicted molar refractivity (Wildman–Crippen MR) is 151 cm³/mol. The van der Waals surface area contributed by atoms with Gasteiger partial charge in [-0.1, -0.05) is 30.7 Å². The second kappa shape index (κ2) is 10.7. The molecule has 0 bridgehead atoms. The van der Waals surface area contributed by atoms with E-state index in [1.165, 1.54) is 41.1 Å². The fourth-order valence-corrected chi connectivity index (χ4v) is 6.98. The molecule has 14 heteroatoms. The van der Waals surface area contributed by atoms with Crippen molar-refractivity contribution >= 4 is 33.3 Å². The first kappa shape index (κ1) is 30.1. The summed E-state index contributed by atoms with van der Waals surface area (Å²) in [7, 11) is -4.28. The number of amides is 1. The number of aromatic nitrogens is 3. The first-order valence-electron chi connectivity index (χ1n) is 13.5. The van der Waals surface area contributed by atoms with Crippen molar-refractivity contribution in [3.8, 4) is 11.7 Å². The molecule has 1 saturated heterocycles. The van der Waals surface area contributed by atoms with Crippen LogP contribution in [0.5, 0.6) is 5.88 Å². The third-order valence-electron chi connectivity index (χ3n) is 7.87. The van der Waals surface area contributed by atoms with Gasteiger partial charge < -0.3 is 9.64 Å². The summed E-state index contributed by atoms with van der Waals surface area (Å²) < 4.78 is 74.7. The van der Waals surface area contributed by atoms with Crippen molar-refractivity contribution in [1.82, 2.24) is 19.5 Å². The number of benzene rings is 1. The van der Waals surface area contributed by atoms with E-state index < -0.39 is 33.1 Å². The lowest BCUT2D eigenvalue weighted by molar-refractivity contribution is -0.190. The van der Waals surface area contributed by atoms with Gasteiger partial charge in [0, 0.05) is 24.3 Å². The van der Waals surface area contributed by atoms with Crippen LogP contribution in [0, 0.1) is 11.3 Å². The zero-order chi connectivity index (χ0) is 30.5. The zero-order valence-corrected chi connectivity index (χ0v) is 24.9. The molecule has 9 nitrogen and oxygen atoms in total. The van der Waals surface area contributed by atoms with Gasteiger partial charge in [-0.15, -0.1) is 5.10 Å². The SMILES string of the molecule is CC1CN(c2nc(-n3ccc(OCCC4(C(F)(F)F)CC4)n3)ccc2C(=O)NS(=O)(=O)c2ccccc2Cl)C(C)(C)C1. The van der Waals surface area contributed by atoms with E-state index in [4.69, 9.17) is 21.3 Å². The van der Waals surface area contributed by atoms with E-state index in [2.05, 4.69) is 16.7 Å². The summed E-state index contributed by atoms with van der Waals surface area (Å²) in [6.45, 7) is 6.55. The summed E-state index contributed by atoms with van der Waals surface area (Å²) in [5.74, 6) is 0.133. The van der Waals surface area contributed by atoms with Gasteiger partial charge in [-0.2, -0.15) is 13.2 Å². The standard InChI is InChI=1S/C28H31ClF3N5O4S/c1-18-16-26(2,3)36(17-18)24-19(25(38)35-42(39,40)21-7-5-4-6-20(21)29)8-9-22(33-24)37-14-10-23(34-37)41-15-13-27(11-12-27)28(30,31)32/h4-10,14,18H,11-13,15-17H2,1-3H3,(H,35,38). The van der Waals surface area contributed by atoms with E-state index in [1.54, 1.807) is 12.3 Å². The highest BCUT2D eigenvalue weighted by Crippen LogP contribution is 2.59. The highest BCUT2D eigenvalue weighted by molar-refractivity contribution is 7.90. The van der Waals surface area contributed by atoms with Crippen LogP contribution in [0.25, 0.3) is 5.82 Å². The van der Waals surface area contributed by atoms with Gasteiger partial charge in [0.2, 0.25) is 5.88 Å². The van der Waals surface area contributed by atoms with E-state index >= 15 is 0 Å². The van der Waals surface area contributed by atoms with Gasteiger partial charge in [0.25, 0.3) is 15.9 Å². The third kappa shape index (κ3) is 5.94. The summed E-state index contributed by atoms with van der Waals surface area (Å²) >= 11 is 6.07. The maximum Gasteiger partial charge on any atom is 0.394 e. The first-order chi connectivity index (χ1) is 19.6. The Labute approximate surface area is 247 Å². The average molecular weight is 626 g/mol. The molecule has 1 amide bonds. The molecule has 1 aliphatic carbocycles. The molecule has 2 fully saturated rings. The number of pyridine rings is 1. The van der Waals surface area contributed by atoms with E-state index in [0.717, 1.165) is 6.42 Å². The Kier molecular flexibility index (Phi) is 7.71. The lowest BCUT2D eigenvalue weighted by atomic mass is 9.97. The minimum Gasteiger partial charge on any atom is -0.477 e. The van der Waals surface area contributed by atoms with Crippen molar-refractivity contribution in [3.63, 3.8) is 0 Å². The zero-order valence-electron chi connectivity index (χ0n) is 23.3. The third-order valence-corrected chi connectivity index (χ3v) is 9.70. The maximum atomic E-state index is 13.4. The van der Waals surface area contributed by atoms with Crippen molar-refractivity contribution in [2.45, 2.75) is 63.1 Å². The number of ether oxygens (including phenoxy) is 1. The quantitative estimate of drug-likeness (QED) is 0.321. The summed E-state index contributed by atoms with van der Waals surface area (Å²) in [4.78, 5) is 19.9. The van der Waals surface area contributed by atoms with Crippen molar-refractivity contribution in [3.05, 3.63) is 59.2 Å². The summed E-state index contributed by atoms with van der Waals surface area (Å²) in [6, 6.07) is 10.3. The molecule has 1 aliphatic heterocycles. The second-order valence-corrected chi connectivity index (χ2v) is 13.7. The van der Waals surface area contributed by atoms with Gasteiger partial charge in [-0.25, -0.2) is 22.8 Å². The van der Waals surface area contributed by atoms with Gasteiger partial charge >= 0.3 is 6.18 Å². The van der Waals surface area contributed by atoms with Crippen LogP contribution in [0.2, 0.25) is 5.02 Å². The molecule has 1 aromatic carbocycles. The molecule has 226 valence electrons. The van der Waals surface area contributed by atoms with E-state index in [-0.39, 0.29) is 59.0 Å². The molecule has 3 heterocycles. The van der Waals surface area contributed by atoms with Gasteiger partial charge in [0.15, 0.2) is 5.82 Å². The Morgan fingerprint density at radius 2 is 1.88 bits per heavy atom. The van der Waals surface area contributed by atoms with Gasteiger partial charge in [0.05, 0.1) is 22.6 Å². The number of rotatable bonds is 9. The van der Waals surface area contributed by atoms with Crippen molar-refractivity contribution < 1.29 is 31.1 Å². The Morgan fingerprint density at radius 1 is 1.17 bits per heavy atom. The number of carbonyl (C=O) groups is 1. The summed E-state index contributed by atoms with van der Waals surface area (Å²) in [6.07, 6.45) is -1.82. The Bertz CT molecular complexity index is 1600. The fourth-order valence-electron chi connectivity index (χ4n) is 5.49. The number of nitrogens with zero attached hydrogens (tertiary/aromatic N) is 4. The van der Waals surface area contributed by atoms with E-state index in [1.807, 2.05) is 18.7 Å². The van der Waals surface area contributed by atoms with Crippen molar-refractivity contribution in [2.75, 3.05) is 18.1 Å². The molecule has 1 atom stereocenters. The minimum atomic E-state index is -4.28. The van der Waals surface area contributed by atoms with Crippen LogP contribution < -0.4 is 14.4 Å². The normalized spacial score (nSPS) is 19.5. The van der Waals surface area contributed by atoms with Crippen molar-refractivity contribution in [2.24, 2.45) is 11.3 Å². The van der Waals surface area contributed by atoms with Gasteiger partial charge in [-0.05, 0) is 69.7 Å². The van der Waals surface area contributed by atoms with Gasteiger partial charge in [0.1, 0.15) is 10.7 Å². The predicted octanol–water partition coefficient (Wildman–Crippen LogP) is 5.78. The average Bonchev–Trinajstić information content (AvgIpc) is 3.46. The number of hydrogen-bond acceptors (Lipinski definition) is 7. The molecule has 0 spiro atoms. The lowest BCUT2D eigenvalue weighted by Crippen LogP contribution is -2.41. The van der Waals surface area contributed by atoms with Crippen LogP contribution in [-0.2, 0) is 10.0 Å². The number of sulfonamides is 1. The number of carbonyl (C=O) groups excluding carboxylic acids is 1. The number of halogens is 4. The molecule has 5 rings (SSSR count). The monoisotopic (exact) mass is 625 g/mol. The molecule has 1 N–H and O–H groups in total. The van der Waals surface area contributed by atoms with Crippen LogP contribution in [0.1, 0.15) is 56.8 Å². The first-order valence-corrected chi connectivity index (χ1v) is 15.3. The van der Waals surface area contributed by atoms with Crippen LogP contribution in [-0.4, -0.2) is 54.0 Å². The van der Waals surface area contributed by atoms with Crippen LogP contribution in [0.15, 0.2) is 53.6 Å². The molecule has 1 unspecified atom stereocenters. The Balaban J connectivity index is 1.41. The van der Waals surface area contributed by atoms with Crippen LogP contribution in [0.4, 0.5) is 19.0 Å². The molecular weight excluding hydrogens is 595 g/mol. The molecule has 1 saturated carbocycles. The molecule has 2 aliphatic rings. The lowest BCUT2D eigenvalue weighted by Gasteiger charge is -2.34. The van der Waals surface area contributed by atoms with E-state index in [9.17, 15) is 26.4 Å². The fraction of sp³-hybridized carbons (Fsp3) is 0.464. The van der Waals surface area contributed by atoms with Gasteiger partial charge in [-0.3, -0.25) is 4.79 Å². The number of alkyl halides is 3. The smallest absolute Gasteiger partial charge is 0.394 e. The minimum absolute atomic E-state index is 0.0246. The maximum absolute atomic E-state index is 13.4. The number of hydrogen-bond donors (Lipinski definition) is 1. The number of anilines is 1. The Morgan fingerprint density at radius 3 is 2.50 bits per heavy atom. The van der Waals surface area contributed by atoms with Crippen LogP contribution >= 0.6 is 11.6 Å². The summed E-state index contributed by atoms with van der Waals surface area (Å²) in [5.41, 5.74) is -2.01. The second-order valence-electron chi connectivity index (χ2n) is 11.6. The molecular formula is C28H31ClF3N5O4S. The van der Waals surface area contributed by atoms with Crippen molar-refractivity contribution in [1.29, 1.82) is 0 Å². The Hall–Kier alpha value is -3.32. The largest absolute Gasteiger partial charge is 0.477 e. The molecule has 0 radical (unpaired) electrons. The molecule has 3 aromatic rings. The van der Waals surface area contributed by atoms with Crippen LogP contribution in [0.3, 0.4) is 0 Å².